The zero-order valence-corrected chi connectivity index (χ0v) is 18.2. The summed E-state index contributed by atoms with van der Waals surface area (Å²) >= 11 is 0. The number of H-pyrrole nitrogens is 1. The van der Waals surface area contributed by atoms with E-state index in [1.165, 1.54) is 6.92 Å². The van der Waals surface area contributed by atoms with Gasteiger partial charge in [0.1, 0.15) is 5.82 Å². The van der Waals surface area contributed by atoms with Crippen LogP contribution < -0.4 is 10.6 Å². The molecule has 0 aliphatic rings. The van der Waals surface area contributed by atoms with E-state index in [4.69, 9.17) is 0 Å². The molecule has 0 spiro atoms. The van der Waals surface area contributed by atoms with Gasteiger partial charge in [-0.25, -0.2) is 4.98 Å². The average Bonchev–Trinajstić information content (AvgIpc) is 3.21. The van der Waals surface area contributed by atoms with Gasteiger partial charge in [0.05, 0.1) is 17.1 Å². The Balaban J connectivity index is 1.40. The lowest BCUT2D eigenvalue weighted by Crippen LogP contribution is -2.26. The van der Waals surface area contributed by atoms with E-state index in [0.29, 0.717) is 5.56 Å². The molecule has 6 heteroatoms. The lowest BCUT2D eigenvalue weighted by atomic mass is 10.1. The summed E-state index contributed by atoms with van der Waals surface area (Å²) in [6, 6.07) is 23.2. The Morgan fingerprint density at radius 2 is 1.72 bits per heavy atom. The van der Waals surface area contributed by atoms with Crippen molar-refractivity contribution in [2.45, 2.75) is 32.7 Å². The minimum absolute atomic E-state index is 0.0752. The van der Waals surface area contributed by atoms with Crippen molar-refractivity contribution in [3.63, 3.8) is 0 Å². The van der Waals surface area contributed by atoms with E-state index in [1.54, 1.807) is 6.07 Å². The van der Waals surface area contributed by atoms with Gasteiger partial charge in [-0.2, -0.15) is 0 Å². The molecular weight excluding hydrogens is 400 g/mol. The summed E-state index contributed by atoms with van der Waals surface area (Å²) in [5, 5.41) is 5.82. The van der Waals surface area contributed by atoms with Crippen molar-refractivity contribution in [2.75, 3.05) is 5.32 Å². The maximum Gasteiger partial charge on any atom is 0.251 e. The van der Waals surface area contributed by atoms with E-state index < -0.39 is 0 Å². The average molecular weight is 427 g/mol. The predicted molar refractivity (Wildman–Crippen MR) is 127 cm³/mol. The van der Waals surface area contributed by atoms with Gasteiger partial charge in [0.25, 0.3) is 5.91 Å². The van der Waals surface area contributed by atoms with Crippen molar-refractivity contribution in [2.24, 2.45) is 0 Å². The molecule has 0 radical (unpaired) electrons. The fraction of sp³-hybridized carbons (Fsp3) is 0.192. The topological polar surface area (TPSA) is 86.9 Å². The molecule has 0 fully saturated rings. The number of imidazole rings is 1. The van der Waals surface area contributed by atoms with Gasteiger partial charge in [0, 0.05) is 24.6 Å². The number of hydrogen-bond acceptors (Lipinski definition) is 3. The molecule has 0 aliphatic carbocycles. The largest absolute Gasteiger partial charge is 0.346 e. The van der Waals surface area contributed by atoms with Gasteiger partial charge in [0.2, 0.25) is 5.91 Å². The number of nitrogens with zero attached hydrogens (tertiary/aromatic N) is 1. The second-order valence-electron chi connectivity index (χ2n) is 7.90. The summed E-state index contributed by atoms with van der Waals surface area (Å²) in [5.41, 5.74) is 5.31. The Bertz CT molecular complexity index is 1230. The number of benzene rings is 3. The number of amides is 2. The van der Waals surface area contributed by atoms with Gasteiger partial charge in [-0.15, -0.1) is 0 Å². The number of hydrogen-bond donors (Lipinski definition) is 3. The Morgan fingerprint density at radius 3 is 2.44 bits per heavy atom. The molecule has 6 nitrogen and oxygen atoms in total. The first kappa shape index (κ1) is 21.3. The molecule has 1 heterocycles. The number of anilines is 1. The highest BCUT2D eigenvalue weighted by molar-refractivity contribution is 5.97. The lowest BCUT2D eigenvalue weighted by molar-refractivity contribution is -0.114. The van der Waals surface area contributed by atoms with Crippen molar-refractivity contribution >= 4 is 28.5 Å². The molecule has 1 atom stereocenters. The minimum Gasteiger partial charge on any atom is -0.346 e. The number of aromatic amines is 1. The first-order valence-corrected chi connectivity index (χ1v) is 10.7. The fourth-order valence-corrected chi connectivity index (χ4v) is 3.65. The summed E-state index contributed by atoms with van der Waals surface area (Å²) in [4.78, 5) is 31.8. The van der Waals surface area contributed by atoms with E-state index >= 15 is 0 Å². The van der Waals surface area contributed by atoms with E-state index in [-0.39, 0.29) is 17.9 Å². The van der Waals surface area contributed by atoms with Crippen molar-refractivity contribution in [1.29, 1.82) is 0 Å². The molecule has 162 valence electrons. The molecule has 3 N–H and O–H groups in total. The first-order chi connectivity index (χ1) is 15.5. The van der Waals surface area contributed by atoms with Gasteiger partial charge in [0.15, 0.2) is 0 Å². The fourth-order valence-electron chi connectivity index (χ4n) is 3.65. The van der Waals surface area contributed by atoms with E-state index in [2.05, 4.69) is 20.6 Å². The van der Waals surface area contributed by atoms with Crippen molar-refractivity contribution in [1.82, 2.24) is 15.3 Å². The van der Waals surface area contributed by atoms with Crippen LogP contribution >= 0.6 is 0 Å². The summed E-state index contributed by atoms with van der Waals surface area (Å²) in [7, 11) is 0. The van der Waals surface area contributed by atoms with Gasteiger partial charge >= 0.3 is 0 Å². The SMILES string of the molecule is CC(=O)Nc1ccc(CCc2nc3ccc(C(=O)N[C@@H](C)c4ccccc4)cc3[nH]2)cc1. The molecule has 0 saturated carbocycles. The van der Waals surface area contributed by atoms with Crippen LogP contribution in [0.4, 0.5) is 5.69 Å². The number of nitrogens with one attached hydrogen (secondary N) is 3. The highest BCUT2D eigenvalue weighted by Crippen LogP contribution is 2.18. The Kier molecular flexibility index (Phi) is 6.31. The third-order valence-corrected chi connectivity index (χ3v) is 5.37. The molecule has 0 aliphatic heterocycles. The summed E-state index contributed by atoms with van der Waals surface area (Å²) in [6.07, 6.45) is 1.57. The second-order valence-corrected chi connectivity index (χ2v) is 7.90. The standard InChI is InChI=1S/C26H26N4O2/c1-17(20-6-4-3-5-7-20)27-26(32)21-11-14-23-24(16-21)30-25(29-23)15-10-19-8-12-22(13-9-19)28-18(2)31/h3-9,11-14,16-17H,10,15H2,1-2H3,(H,27,32)(H,28,31)(H,29,30)/t17-/m0/s1. The van der Waals surface area contributed by atoms with Crippen molar-refractivity contribution in [3.8, 4) is 0 Å². The van der Waals surface area contributed by atoms with Crippen LogP contribution in [0.25, 0.3) is 11.0 Å². The number of aromatic nitrogens is 2. The maximum absolute atomic E-state index is 12.7. The second kappa shape index (κ2) is 9.47. The number of fused-ring (bicyclic) bond motifs is 1. The highest BCUT2D eigenvalue weighted by Gasteiger charge is 2.13. The summed E-state index contributed by atoms with van der Waals surface area (Å²) in [5.74, 6) is 0.683. The first-order valence-electron chi connectivity index (χ1n) is 10.7. The summed E-state index contributed by atoms with van der Waals surface area (Å²) < 4.78 is 0. The number of carbonyl (C=O) groups is 2. The number of carbonyl (C=O) groups excluding carboxylic acids is 2. The molecule has 0 unspecified atom stereocenters. The van der Waals surface area contributed by atoms with Crippen LogP contribution in [0.2, 0.25) is 0 Å². The molecule has 4 aromatic rings. The van der Waals surface area contributed by atoms with E-state index in [9.17, 15) is 9.59 Å². The molecule has 32 heavy (non-hydrogen) atoms. The van der Waals surface area contributed by atoms with Gasteiger partial charge in [-0.1, -0.05) is 42.5 Å². The smallest absolute Gasteiger partial charge is 0.251 e. The zero-order chi connectivity index (χ0) is 22.5. The van der Waals surface area contributed by atoms with Crippen LogP contribution in [0.1, 0.15) is 47.2 Å². The van der Waals surface area contributed by atoms with Gasteiger partial charge in [-0.3, -0.25) is 9.59 Å². The molecule has 4 rings (SSSR count). The normalized spacial score (nSPS) is 11.8. The molecule has 1 aromatic heterocycles. The van der Waals surface area contributed by atoms with Crippen LogP contribution in [0.5, 0.6) is 0 Å². The van der Waals surface area contributed by atoms with Crippen LogP contribution in [0.15, 0.2) is 72.8 Å². The summed E-state index contributed by atoms with van der Waals surface area (Å²) in [6.45, 7) is 3.47. The Hall–Kier alpha value is -3.93. The molecule has 0 saturated heterocycles. The maximum atomic E-state index is 12.7. The minimum atomic E-state index is -0.112. The van der Waals surface area contributed by atoms with Gasteiger partial charge < -0.3 is 15.6 Å². The molecule has 2 amide bonds. The molecular formula is C26H26N4O2. The zero-order valence-electron chi connectivity index (χ0n) is 18.2. The van der Waals surface area contributed by atoms with Crippen molar-refractivity contribution < 1.29 is 9.59 Å². The lowest BCUT2D eigenvalue weighted by Gasteiger charge is -2.14. The molecule has 3 aromatic carbocycles. The number of rotatable bonds is 7. The quantitative estimate of drug-likeness (QED) is 0.397. The monoisotopic (exact) mass is 426 g/mol. The van der Waals surface area contributed by atoms with Crippen LogP contribution in [-0.4, -0.2) is 21.8 Å². The molecule has 0 bridgehead atoms. The van der Waals surface area contributed by atoms with Crippen LogP contribution in [0, 0.1) is 0 Å². The van der Waals surface area contributed by atoms with Crippen LogP contribution in [-0.2, 0) is 17.6 Å². The van der Waals surface area contributed by atoms with E-state index in [1.807, 2.05) is 73.7 Å². The highest BCUT2D eigenvalue weighted by atomic mass is 16.2. The van der Waals surface area contributed by atoms with Crippen molar-refractivity contribution in [3.05, 3.63) is 95.3 Å². The van der Waals surface area contributed by atoms with E-state index in [0.717, 1.165) is 46.5 Å². The Labute approximate surface area is 187 Å². The number of aryl methyl sites for hydroxylation is 2. The van der Waals surface area contributed by atoms with Crippen LogP contribution in [0.3, 0.4) is 0 Å². The third-order valence-electron chi connectivity index (χ3n) is 5.37. The Morgan fingerprint density at radius 1 is 0.969 bits per heavy atom. The van der Waals surface area contributed by atoms with Gasteiger partial charge in [-0.05, 0) is 54.8 Å². The predicted octanol–water partition coefficient (Wildman–Crippen LogP) is 4.80. The third kappa shape index (κ3) is 5.21.